The SMILES string of the molecule is CCc1nc(NC(=O)c2cc(C)n(C3CC3)c2C)n[nH]1. The molecule has 1 fully saturated rings. The number of hydrogen-bond donors (Lipinski definition) is 2. The van der Waals surface area contributed by atoms with Gasteiger partial charge >= 0.3 is 0 Å². The van der Waals surface area contributed by atoms with Gasteiger partial charge in [0.1, 0.15) is 5.82 Å². The van der Waals surface area contributed by atoms with Gasteiger partial charge in [0.2, 0.25) is 5.95 Å². The number of carbonyl (C=O) groups is 1. The molecule has 1 amide bonds. The Balaban J connectivity index is 1.81. The maximum atomic E-state index is 12.3. The summed E-state index contributed by atoms with van der Waals surface area (Å²) in [7, 11) is 0. The molecule has 1 saturated carbocycles. The summed E-state index contributed by atoms with van der Waals surface area (Å²) in [4.78, 5) is 16.5. The number of H-pyrrole nitrogens is 1. The lowest BCUT2D eigenvalue weighted by Crippen LogP contribution is -2.14. The number of nitrogens with zero attached hydrogens (tertiary/aromatic N) is 3. The number of aromatic amines is 1. The van der Waals surface area contributed by atoms with Gasteiger partial charge in [-0.2, -0.15) is 4.98 Å². The fourth-order valence-corrected chi connectivity index (χ4v) is 2.58. The standard InChI is InChI=1S/C14H19N5O/c1-4-12-15-14(18-17-12)16-13(20)11-7-8(2)19(9(11)3)10-5-6-10/h7,10H,4-6H2,1-3H3,(H2,15,16,17,18,20). The van der Waals surface area contributed by atoms with Crippen molar-refractivity contribution in [2.24, 2.45) is 0 Å². The van der Waals surface area contributed by atoms with E-state index >= 15 is 0 Å². The van der Waals surface area contributed by atoms with Gasteiger partial charge in [-0.15, -0.1) is 5.10 Å². The molecule has 0 aromatic carbocycles. The predicted octanol–water partition coefficient (Wildman–Crippen LogP) is 2.37. The van der Waals surface area contributed by atoms with E-state index in [2.05, 4.69) is 25.1 Å². The van der Waals surface area contributed by atoms with E-state index in [9.17, 15) is 4.79 Å². The van der Waals surface area contributed by atoms with Crippen LogP contribution in [0.2, 0.25) is 0 Å². The Morgan fingerprint density at radius 1 is 1.50 bits per heavy atom. The topological polar surface area (TPSA) is 75.6 Å². The number of anilines is 1. The summed E-state index contributed by atoms with van der Waals surface area (Å²) >= 11 is 0. The normalized spacial score (nSPS) is 14.6. The van der Waals surface area contributed by atoms with Gasteiger partial charge in [0, 0.05) is 23.9 Å². The average molecular weight is 273 g/mol. The van der Waals surface area contributed by atoms with Crippen molar-refractivity contribution in [3.63, 3.8) is 0 Å². The van der Waals surface area contributed by atoms with Crippen LogP contribution in [0.4, 0.5) is 5.95 Å². The summed E-state index contributed by atoms with van der Waals surface area (Å²) in [6.45, 7) is 6.02. The number of aromatic nitrogens is 4. The van der Waals surface area contributed by atoms with Crippen LogP contribution in [0, 0.1) is 13.8 Å². The molecule has 106 valence electrons. The van der Waals surface area contributed by atoms with Crippen LogP contribution in [-0.4, -0.2) is 25.7 Å². The van der Waals surface area contributed by atoms with Crippen molar-refractivity contribution in [3.8, 4) is 0 Å². The molecule has 0 radical (unpaired) electrons. The highest BCUT2D eigenvalue weighted by molar-refractivity contribution is 6.04. The van der Waals surface area contributed by atoms with Crippen molar-refractivity contribution in [2.45, 2.75) is 46.1 Å². The molecular formula is C14H19N5O. The first-order valence-electron chi connectivity index (χ1n) is 7.01. The Morgan fingerprint density at radius 3 is 2.85 bits per heavy atom. The van der Waals surface area contributed by atoms with Gasteiger partial charge < -0.3 is 4.57 Å². The number of carbonyl (C=O) groups excluding carboxylic acids is 1. The predicted molar refractivity (Wildman–Crippen MR) is 75.9 cm³/mol. The minimum absolute atomic E-state index is 0.147. The molecule has 0 atom stereocenters. The number of nitrogens with one attached hydrogen (secondary N) is 2. The van der Waals surface area contributed by atoms with Crippen LogP contribution in [0.3, 0.4) is 0 Å². The van der Waals surface area contributed by atoms with Crippen molar-refractivity contribution in [1.29, 1.82) is 0 Å². The lowest BCUT2D eigenvalue weighted by atomic mass is 10.2. The lowest BCUT2D eigenvalue weighted by Gasteiger charge is -2.07. The third-order valence-electron chi connectivity index (χ3n) is 3.73. The zero-order chi connectivity index (χ0) is 14.3. The molecule has 2 aromatic heterocycles. The van der Waals surface area contributed by atoms with Crippen LogP contribution in [-0.2, 0) is 6.42 Å². The van der Waals surface area contributed by atoms with Crippen LogP contribution in [0.5, 0.6) is 0 Å². The van der Waals surface area contributed by atoms with Crippen LogP contribution in [0.25, 0.3) is 0 Å². The molecular weight excluding hydrogens is 254 g/mol. The molecule has 2 heterocycles. The van der Waals surface area contributed by atoms with Crippen molar-refractivity contribution in [2.75, 3.05) is 5.32 Å². The Kier molecular flexibility index (Phi) is 3.08. The van der Waals surface area contributed by atoms with Gasteiger partial charge in [-0.25, -0.2) is 0 Å². The number of aryl methyl sites for hydroxylation is 2. The lowest BCUT2D eigenvalue weighted by molar-refractivity contribution is 0.102. The summed E-state index contributed by atoms with van der Waals surface area (Å²) in [6, 6.07) is 2.52. The van der Waals surface area contributed by atoms with Gasteiger partial charge in [0.25, 0.3) is 5.91 Å². The van der Waals surface area contributed by atoms with E-state index in [4.69, 9.17) is 0 Å². The Bertz CT molecular complexity index is 651. The highest BCUT2D eigenvalue weighted by Crippen LogP contribution is 2.38. The summed E-state index contributed by atoms with van der Waals surface area (Å²) < 4.78 is 2.25. The summed E-state index contributed by atoms with van der Waals surface area (Å²) in [5.74, 6) is 0.957. The second-order valence-electron chi connectivity index (χ2n) is 5.30. The Hall–Kier alpha value is -2.11. The van der Waals surface area contributed by atoms with E-state index < -0.39 is 0 Å². The van der Waals surface area contributed by atoms with Crippen LogP contribution < -0.4 is 5.32 Å². The molecule has 1 aliphatic rings. The second kappa shape index (κ2) is 4.77. The molecule has 20 heavy (non-hydrogen) atoms. The highest BCUT2D eigenvalue weighted by atomic mass is 16.1. The first kappa shape index (κ1) is 12.9. The smallest absolute Gasteiger partial charge is 0.259 e. The maximum Gasteiger partial charge on any atom is 0.259 e. The Labute approximate surface area is 117 Å². The van der Waals surface area contributed by atoms with Crippen molar-refractivity contribution >= 4 is 11.9 Å². The first-order valence-corrected chi connectivity index (χ1v) is 7.01. The van der Waals surface area contributed by atoms with Crippen molar-refractivity contribution in [1.82, 2.24) is 19.7 Å². The molecule has 0 bridgehead atoms. The molecule has 1 aliphatic carbocycles. The van der Waals surface area contributed by atoms with Gasteiger partial charge in [-0.1, -0.05) is 6.92 Å². The van der Waals surface area contributed by atoms with Gasteiger partial charge in [-0.3, -0.25) is 15.2 Å². The van der Waals surface area contributed by atoms with Crippen molar-refractivity contribution in [3.05, 3.63) is 28.8 Å². The molecule has 6 heteroatoms. The van der Waals surface area contributed by atoms with Gasteiger partial charge in [0.05, 0.1) is 5.56 Å². The number of rotatable bonds is 4. The minimum atomic E-state index is -0.147. The highest BCUT2D eigenvalue weighted by Gasteiger charge is 2.28. The fourth-order valence-electron chi connectivity index (χ4n) is 2.58. The summed E-state index contributed by atoms with van der Waals surface area (Å²) in [5.41, 5.74) is 2.87. The molecule has 2 N–H and O–H groups in total. The molecule has 0 unspecified atom stereocenters. The molecule has 3 rings (SSSR count). The van der Waals surface area contributed by atoms with Crippen LogP contribution >= 0.6 is 0 Å². The Morgan fingerprint density at radius 2 is 2.25 bits per heavy atom. The third kappa shape index (κ3) is 2.21. The molecule has 2 aromatic rings. The van der Waals surface area contributed by atoms with E-state index in [0.717, 1.165) is 23.6 Å². The van der Waals surface area contributed by atoms with Gasteiger partial charge in [0.15, 0.2) is 0 Å². The molecule has 0 aliphatic heterocycles. The summed E-state index contributed by atoms with van der Waals surface area (Å²) in [6.07, 6.45) is 3.18. The van der Waals surface area contributed by atoms with E-state index in [0.29, 0.717) is 17.6 Å². The monoisotopic (exact) mass is 273 g/mol. The molecule has 0 saturated heterocycles. The largest absolute Gasteiger partial charge is 0.345 e. The number of amides is 1. The van der Waals surface area contributed by atoms with Crippen molar-refractivity contribution < 1.29 is 4.79 Å². The van der Waals surface area contributed by atoms with E-state index in [1.807, 2.05) is 26.8 Å². The second-order valence-corrected chi connectivity index (χ2v) is 5.30. The molecule has 6 nitrogen and oxygen atoms in total. The van der Waals surface area contributed by atoms with Gasteiger partial charge in [-0.05, 0) is 32.8 Å². The van der Waals surface area contributed by atoms with E-state index in [-0.39, 0.29) is 5.91 Å². The maximum absolute atomic E-state index is 12.3. The zero-order valence-electron chi connectivity index (χ0n) is 12.0. The average Bonchev–Trinajstić information content (AvgIpc) is 3.06. The summed E-state index contributed by atoms with van der Waals surface area (Å²) in [5, 5.41) is 9.52. The minimum Gasteiger partial charge on any atom is -0.345 e. The zero-order valence-corrected chi connectivity index (χ0v) is 12.0. The third-order valence-corrected chi connectivity index (χ3v) is 3.73. The fraction of sp³-hybridized carbons (Fsp3) is 0.500. The van der Waals surface area contributed by atoms with Crippen LogP contribution in [0.1, 0.15) is 53.4 Å². The first-order chi connectivity index (χ1) is 9.60. The van der Waals surface area contributed by atoms with E-state index in [1.54, 1.807) is 0 Å². The van der Waals surface area contributed by atoms with E-state index in [1.165, 1.54) is 12.8 Å². The number of hydrogen-bond acceptors (Lipinski definition) is 3. The van der Waals surface area contributed by atoms with Crippen LogP contribution in [0.15, 0.2) is 6.07 Å². The molecule has 0 spiro atoms. The quantitative estimate of drug-likeness (QED) is 0.898.